The average molecular weight is 380 g/mol. The van der Waals surface area contributed by atoms with Crippen LogP contribution in [0.5, 0.6) is 11.5 Å². The molecule has 2 aliphatic heterocycles. The molecule has 2 aromatic rings. The van der Waals surface area contributed by atoms with Gasteiger partial charge in [0, 0.05) is 25.2 Å². The Morgan fingerprint density at radius 3 is 2.43 bits per heavy atom. The number of methoxy groups -OCH3 is 2. The van der Waals surface area contributed by atoms with Crippen LogP contribution in [0.1, 0.15) is 29.0 Å². The molecule has 0 bridgehead atoms. The highest BCUT2D eigenvalue weighted by Crippen LogP contribution is 2.36. The number of rotatable bonds is 3. The summed E-state index contributed by atoms with van der Waals surface area (Å²) in [5.74, 6) is 0.921. The van der Waals surface area contributed by atoms with Crippen LogP contribution in [-0.2, 0) is 22.4 Å². The van der Waals surface area contributed by atoms with E-state index in [-0.39, 0.29) is 18.2 Å². The molecule has 0 spiro atoms. The van der Waals surface area contributed by atoms with Gasteiger partial charge in [-0.2, -0.15) is 0 Å². The Labute approximate surface area is 164 Å². The molecule has 2 aromatic carbocycles. The minimum Gasteiger partial charge on any atom is -0.497 e. The van der Waals surface area contributed by atoms with Gasteiger partial charge in [0.2, 0.25) is 11.8 Å². The van der Waals surface area contributed by atoms with Gasteiger partial charge < -0.3 is 19.7 Å². The van der Waals surface area contributed by atoms with Crippen LogP contribution in [0.2, 0.25) is 0 Å². The van der Waals surface area contributed by atoms with Gasteiger partial charge in [0.25, 0.3) is 0 Å². The Morgan fingerprint density at radius 1 is 1.00 bits per heavy atom. The summed E-state index contributed by atoms with van der Waals surface area (Å²) in [5, 5.41) is 2.86. The minimum atomic E-state index is -0.477. The Balaban J connectivity index is 1.58. The van der Waals surface area contributed by atoms with Crippen molar-refractivity contribution in [3.05, 3.63) is 53.1 Å². The lowest BCUT2D eigenvalue weighted by molar-refractivity contribution is -0.134. The van der Waals surface area contributed by atoms with Gasteiger partial charge in [0.1, 0.15) is 11.5 Å². The second-order valence-corrected chi connectivity index (χ2v) is 7.22. The van der Waals surface area contributed by atoms with E-state index in [0.717, 1.165) is 24.2 Å². The van der Waals surface area contributed by atoms with Crippen LogP contribution in [0.3, 0.4) is 0 Å². The Kier molecular flexibility index (Phi) is 4.94. The van der Waals surface area contributed by atoms with Crippen molar-refractivity contribution in [2.24, 2.45) is 0 Å². The summed E-state index contributed by atoms with van der Waals surface area (Å²) in [6, 6.07) is 11.5. The topological polar surface area (TPSA) is 67.9 Å². The largest absolute Gasteiger partial charge is 0.497 e. The lowest BCUT2D eigenvalue weighted by atomic mass is 9.89. The third-order valence-electron chi connectivity index (χ3n) is 5.62. The number of anilines is 1. The van der Waals surface area contributed by atoms with Gasteiger partial charge in [-0.25, -0.2) is 0 Å². The summed E-state index contributed by atoms with van der Waals surface area (Å²) in [6.07, 6.45) is 1.74. The Morgan fingerprint density at radius 2 is 1.68 bits per heavy atom. The van der Waals surface area contributed by atoms with Crippen molar-refractivity contribution in [2.75, 3.05) is 32.6 Å². The first-order valence-electron chi connectivity index (χ1n) is 9.51. The highest BCUT2D eigenvalue weighted by atomic mass is 16.5. The molecular weight excluding hydrogens is 356 g/mol. The highest BCUT2D eigenvalue weighted by Gasteiger charge is 2.34. The van der Waals surface area contributed by atoms with Crippen LogP contribution in [0.15, 0.2) is 36.4 Å². The van der Waals surface area contributed by atoms with Gasteiger partial charge in [0.05, 0.1) is 20.1 Å². The first kappa shape index (κ1) is 18.3. The predicted octanol–water partition coefficient (Wildman–Crippen LogP) is 2.76. The SMILES string of the molecule is COc1ccc2c(c1)CCN(C(=O)[C@@H]1CC(=O)Nc3ccc(OC)cc31)CC2. The summed E-state index contributed by atoms with van der Waals surface area (Å²) >= 11 is 0. The Hall–Kier alpha value is -3.02. The second kappa shape index (κ2) is 7.54. The maximum atomic E-state index is 13.4. The zero-order chi connectivity index (χ0) is 19.7. The monoisotopic (exact) mass is 380 g/mol. The lowest BCUT2D eigenvalue weighted by Gasteiger charge is -2.30. The number of fused-ring (bicyclic) bond motifs is 2. The molecule has 6 heteroatoms. The number of carbonyl (C=O) groups is 2. The van der Waals surface area contributed by atoms with Gasteiger partial charge in [0.15, 0.2) is 0 Å². The summed E-state index contributed by atoms with van der Waals surface area (Å²) < 4.78 is 10.6. The number of hydrogen-bond donors (Lipinski definition) is 1. The van der Waals surface area contributed by atoms with Crippen LogP contribution in [0.4, 0.5) is 5.69 Å². The Bertz CT molecular complexity index is 925. The standard InChI is InChI=1S/C22H24N2O4/c1-27-16-4-3-14-7-9-24(10-8-15(14)11-16)22(26)19-13-21(25)23-20-6-5-17(28-2)12-18(19)20/h3-6,11-12,19H,7-10,13H2,1-2H3,(H,23,25)/t19-/m1/s1. The molecule has 0 saturated carbocycles. The summed E-state index contributed by atoms with van der Waals surface area (Å²) in [5.41, 5.74) is 3.99. The summed E-state index contributed by atoms with van der Waals surface area (Å²) in [7, 11) is 3.26. The normalized spacial score (nSPS) is 18.4. The number of nitrogens with zero attached hydrogens (tertiary/aromatic N) is 1. The number of benzene rings is 2. The molecule has 0 unspecified atom stereocenters. The van der Waals surface area contributed by atoms with Crippen molar-refractivity contribution >= 4 is 17.5 Å². The van der Waals surface area contributed by atoms with E-state index in [1.165, 1.54) is 11.1 Å². The molecule has 0 aromatic heterocycles. The molecule has 0 fully saturated rings. The van der Waals surface area contributed by atoms with Gasteiger partial charge in [-0.15, -0.1) is 0 Å². The number of hydrogen-bond acceptors (Lipinski definition) is 4. The molecule has 28 heavy (non-hydrogen) atoms. The smallest absolute Gasteiger partial charge is 0.230 e. The van der Waals surface area contributed by atoms with Crippen molar-refractivity contribution < 1.29 is 19.1 Å². The first-order valence-corrected chi connectivity index (χ1v) is 9.51. The zero-order valence-electron chi connectivity index (χ0n) is 16.2. The van der Waals surface area contributed by atoms with Crippen molar-refractivity contribution in [3.8, 4) is 11.5 Å². The summed E-state index contributed by atoms with van der Waals surface area (Å²) in [6.45, 7) is 1.28. The van der Waals surface area contributed by atoms with Gasteiger partial charge >= 0.3 is 0 Å². The van der Waals surface area contributed by atoms with Crippen LogP contribution in [0, 0.1) is 0 Å². The van der Waals surface area contributed by atoms with E-state index < -0.39 is 5.92 Å². The molecule has 2 amide bonds. The second-order valence-electron chi connectivity index (χ2n) is 7.22. The van der Waals surface area contributed by atoms with Gasteiger partial charge in [-0.05, 0) is 59.9 Å². The van der Waals surface area contributed by atoms with Crippen molar-refractivity contribution in [2.45, 2.75) is 25.2 Å². The van der Waals surface area contributed by atoms with Gasteiger partial charge in [-0.3, -0.25) is 9.59 Å². The fraction of sp³-hybridized carbons (Fsp3) is 0.364. The molecule has 146 valence electrons. The molecule has 0 radical (unpaired) electrons. The van der Waals surface area contributed by atoms with E-state index in [9.17, 15) is 9.59 Å². The predicted molar refractivity (Wildman–Crippen MR) is 106 cm³/mol. The molecule has 6 nitrogen and oxygen atoms in total. The van der Waals surface area contributed by atoms with Crippen LogP contribution >= 0.6 is 0 Å². The van der Waals surface area contributed by atoms with Crippen molar-refractivity contribution in [1.29, 1.82) is 0 Å². The molecule has 0 aliphatic carbocycles. The average Bonchev–Trinajstić information content (AvgIpc) is 2.94. The maximum absolute atomic E-state index is 13.4. The van der Waals surface area contributed by atoms with Crippen LogP contribution in [-0.4, -0.2) is 44.0 Å². The van der Waals surface area contributed by atoms with E-state index in [1.807, 2.05) is 17.0 Å². The first-order chi connectivity index (χ1) is 13.6. The molecule has 4 rings (SSSR count). The van der Waals surface area contributed by atoms with E-state index >= 15 is 0 Å². The van der Waals surface area contributed by atoms with E-state index in [0.29, 0.717) is 24.5 Å². The van der Waals surface area contributed by atoms with Crippen molar-refractivity contribution in [1.82, 2.24) is 4.90 Å². The fourth-order valence-electron chi connectivity index (χ4n) is 4.06. The number of carbonyl (C=O) groups excluding carboxylic acids is 2. The summed E-state index contributed by atoms with van der Waals surface area (Å²) in [4.78, 5) is 27.4. The van der Waals surface area contributed by atoms with E-state index in [4.69, 9.17) is 9.47 Å². The van der Waals surface area contributed by atoms with Crippen molar-refractivity contribution in [3.63, 3.8) is 0 Å². The maximum Gasteiger partial charge on any atom is 0.230 e. The third kappa shape index (κ3) is 3.42. The van der Waals surface area contributed by atoms with E-state index in [2.05, 4.69) is 17.4 Å². The van der Waals surface area contributed by atoms with E-state index in [1.54, 1.807) is 26.4 Å². The van der Waals surface area contributed by atoms with Crippen LogP contribution in [0.25, 0.3) is 0 Å². The molecule has 1 atom stereocenters. The molecule has 0 saturated heterocycles. The van der Waals surface area contributed by atoms with Crippen LogP contribution < -0.4 is 14.8 Å². The third-order valence-corrected chi connectivity index (χ3v) is 5.62. The minimum absolute atomic E-state index is 0.00382. The quantitative estimate of drug-likeness (QED) is 0.889. The van der Waals surface area contributed by atoms with Gasteiger partial charge in [-0.1, -0.05) is 6.07 Å². The molecular formula is C22H24N2O4. The fourth-order valence-corrected chi connectivity index (χ4v) is 4.06. The lowest BCUT2D eigenvalue weighted by Crippen LogP contribution is -2.40. The number of ether oxygens (including phenoxy) is 2. The number of nitrogens with one attached hydrogen (secondary N) is 1. The molecule has 1 N–H and O–H groups in total. The molecule has 2 aliphatic rings. The zero-order valence-corrected chi connectivity index (χ0v) is 16.2. The highest BCUT2D eigenvalue weighted by molar-refractivity contribution is 6.01. The number of amides is 2. The molecule has 2 heterocycles.